The van der Waals surface area contributed by atoms with Crippen LogP contribution in [0.25, 0.3) is 0 Å². The lowest BCUT2D eigenvalue weighted by atomic mass is 10.1. The lowest BCUT2D eigenvalue weighted by Gasteiger charge is -2.29. The van der Waals surface area contributed by atoms with E-state index < -0.39 is 0 Å². The maximum atomic E-state index is 5.81. The van der Waals surface area contributed by atoms with E-state index in [0.29, 0.717) is 25.8 Å². The summed E-state index contributed by atoms with van der Waals surface area (Å²) >= 11 is 0. The van der Waals surface area contributed by atoms with Gasteiger partial charge in [0.2, 0.25) is 0 Å². The number of rotatable bonds is 11. The average Bonchev–Trinajstić information content (AvgIpc) is 3.38. The highest BCUT2D eigenvalue weighted by Gasteiger charge is 2.23. The molecular formula is C25H37IN4O3. The van der Waals surface area contributed by atoms with Crippen LogP contribution in [0, 0.1) is 0 Å². The number of benzene rings is 2. The minimum absolute atomic E-state index is 0. The van der Waals surface area contributed by atoms with Crippen LogP contribution in [0.3, 0.4) is 0 Å². The number of halogens is 1. The van der Waals surface area contributed by atoms with E-state index in [1.165, 1.54) is 18.4 Å². The first kappa shape index (κ1) is 27.2. The number of aliphatic imine (C=N–C) groups is 1. The molecule has 1 fully saturated rings. The van der Waals surface area contributed by atoms with Crippen molar-refractivity contribution in [3.05, 3.63) is 59.7 Å². The van der Waals surface area contributed by atoms with E-state index in [1.807, 2.05) is 36.4 Å². The van der Waals surface area contributed by atoms with Crippen LogP contribution < -0.4 is 20.1 Å². The first-order valence-corrected chi connectivity index (χ1v) is 11.3. The van der Waals surface area contributed by atoms with Gasteiger partial charge < -0.3 is 24.8 Å². The van der Waals surface area contributed by atoms with Gasteiger partial charge in [-0.3, -0.25) is 9.89 Å². The molecule has 0 aliphatic carbocycles. The monoisotopic (exact) mass is 568 g/mol. The van der Waals surface area contributed by atoms with Gasteiger partial charge in [0.1, 0.15) is 11.5 Å². The molecule has 1 aliphatic rings. The zero-order valence-corrected chi connectivity index (χ0v) is 22.2. The molecule has 182 valence electrons. The summed E-state index contributed by atoms with van der Waals surface area (Å²) in [6, 6.07) is 16.6. The Balaban J connectivity index is 0.00000385. The number of hydrogen-bond acceptors (Lipinski definition) is 5. The molecule has 8 heteroatoms. The zero-order valence-electron chi connectivity index (χ0n) is 19.9. The smallest absolute Gasteiger partial charge is 0.191 e. The van der Waals surface area contributed by atoms with Crippen molar-refractivity contribution in [2.45, 2.75) is 25.5 Å². The Labute approximate surface area is 214 Å². The maximum absolute atomic E-state index is 5.81. The van der Waals surface area contributed by atoms with E-state index >= 15 is 0 Å². The number of ether oxygens (including phenoxy) is 3. The van der Waals surface area contributed by atoms with Gasteiger partial charge in [-0.15, -0.1) is 24.0 Å². The number of methoxy groups -OCH3 is 2. The quantitative estimate of drug-likeness (QED) is 0.186. The van der Waals surface area contributed by atoms with Crippen LogP contribution in [0.4, 0.5) is 0 Å². The molecule has 0 saturated carbocycles. The summed E-state index contributed by atoms with van der Waals surface area (Å²) in [6.07, 6.45) is 2.51. The molecule has 0 radical (unpaired) electrons. The van der Waals surface area contributed by atoms with Gasteiger partial charge in [-0.2, -0.15) is 0 Å². The van der Waals surface area contributed by atoms with Gasteiger partial charge in [0.05, 0.1) is 33.5 Å². The number of nitrogens with zero attached hydrogens (tertiary/aromatic N) is 2. The fourth-order valence-electron chi connectivity index (χ4n) is 4.00. The number of likely N-dealkylation sites (tertiary alicyclic amines) is 1. The molecule has 0 aromatic heterocycles. The van der Waals surface area contributed by atoms with Crippen LogP contribution in [0.2, 0.25) is 0 Å². The fraction of sp³-hybridized carbons (Fsp3) is 0.480. The third-order valence-corrected chi connectivity index (χ3v) is 5.76. The second-order valence-electron chi connectivity index (χ2n) is 7.78. The summed E-state index contributed by atoms with van der Waals surface area (Å²) in [7, 11) is 5.17. The van der Waals surface area contributed by atoms with E-state index in [4.69, 9.17) is 14.2 Å². The van der Waals surface area contributed by atoms with Gasteiger partial charge in [0.25, 0.3) is 0 Å². The molecular weight excluding hydrogens is 531 g/mol. The van der Waals surface area contributed by atoms with Gasteiger partial charge in [-0.1, -0.05) is 30.3 Å². The number of guanidine groups is 1. The molecule has 33 heavy (non-hydrogen) atoms. The number of hydrogen-bond donors (Lipinski definition) is 2. The van der Waals surface area contributed by atoms with Crippen molar-refractivity contribution in [2.75, 3.05) is 54.1 Å². The third-order valence-electron chi connectivity index (χ3n) is 5.76. The molecule has 7 nitrogen and oxygen atoms in total. The normalized spacial score (nSPS) is 14.9. The van der Waals surface area contributed by atoms with Gasteiger partial charge in [-0.05, 0) is 49.7 Å². The molecule has 1 saturated heterocycles. The van der Waals surface area contributed by atoms with Gasteiger partial charge in [-0.25, -0.2) is 0 Å². The molecule has 3 rings (SSSR count). The van der Waals surface area contributed by atoms with E-state index in [1.54, 1.807) is 21.3 Å². The van der Waals surface area contributed by atoms with Crippen molar-refractivity contribution >= 4 is 29.9 Å². The van der Waals surface area contributed by atoms with Crippen molar-refractivity contribution in [3.8, 4) is 11.5 Å². The molecule has 1 heterocycles. The molecule has 0 amide bonds. The highest BCUT2D eigenvalue weighted by molar-refractivity contribution is 14.0. The Morgan fingerprint density at radius 3 is 2.39 bits per heavy atom. The minimum Gasteiger partial charge on any atom is -0.497 e. The fourth-order valence-corrected chi connectivity index (χ4v) is 4.00. The lowest BCUT2D eigenvalue weighted by Crippen LogP contribution is -2.43. The van der Waals surface area contributed by atoms with E-state index in [9.17, 15) is 0 Å². The van der Waals surface area contributed by atoms with Crippen LogP contribution in [-0.2, 0) is 11.3 Å². The van der Waals surface area contributed by atoms with Crippen molar-refractivity contribution in [1.29, 1.82) is 0 Å². The van der Waals surface area contributed by atoms with Crippen molar-refractivity contribution in [3.63, 3.8) is 0 Å². The summed E-state index contributed by atoms with van der Waals surface area (Å²) in [5, 5.41) is 6.83. The van der Waals surface area contributed by atoms with Crippen molar-refractivity contribution in [2.24, 2.45) is 4.99 Å². The predicted molar refractivity (Wildman–Crippen MR) is 144 cm³/mol. The van der Waals surface area contributed by atoms with Gasteiger partial charge in [0.15, 0.2) is 5.96 Å². The van der Waals surface area contributed by atoms with Crippen LogP contribution in [0.5, 0.6) is 11.5 Å². The van der Waals surface area contributed by atoms with Crippen LogP contribution in [0.1, 0.15) is 30.0 Å². The predicted octanol–water partition coefficient (Wildman–Crippen LogP) is 3.84. The molecule has 2 aromatic rings. The molecule has 0 bridgehead atoms. The van der Waals surface area contributed by atoms with E-state index in [-0.39, 0.29) is 24.0 Å². The summed E-state index contributed by atoms with van der Waals surface area (Å²) in [4.78, 5) is 6.91. The summed E-state index contributed by atoms with van der Waals surface area (Å²) in [5.41, 5.74) is 2.33. The molecule has 1 atom stereocenters. The Hall–Kier alpha value is -2.04. The Kier molecular flexibility index (Phi) is 12.3. The van der Waals surface area contributed by atoms with E-state index in [0.717, 1.165) is 42.7 Å². The maximum Gasteiger partial charge on any atom is 0.191 e. The number of para-hydroxylation sites is 1. The summed E-state index contributed by atoms with van der Waals surface area (Å²) < 4.78 is 16.5. The Morgan fingerprint density at radius 1 is 1.00 bits per heavy atom. The average molecular weight is 569 g/mol. The first-order chi connectivity index (χ1) is 15.7. The third kappa shape index (κ3) is 8.35. The SMILES string of the molecule is CN=C(NCCOCc1ccccc1OC)NCC(c1ccc(OC)cc1)N1CCCC1.I. The Morgan fingerprint density at radius 2 is 1.73 bits per heavy atom. The topological polar surface area (TPSA) is 67.4 Å². The lowest BCUT2D eigenvalue weighted by molar-refractivity contribution is 0.123. The zero-order chi connectivity index (χ0) is 22.6. The molecule has 1 aliphatic heterocycles. The first-order valence-electron chi connectivity index (χ1n) is 11.3. The molecule has 1 unspecified atom stereocenters. The molecule has 2 aromatic carbocycles. The summed E-state index contributed by atoms with van der Waals surface area (Å²) in [5.74, 6) is 2.51. The summed E-state index contributed by atoms with van der Waals surface area (Å²) in [6.45, 7) is 4.81. The second kappa shape index (κ2) is 15.0. The van der Waals surface area contributed by atoms with Crippen LogP contribution >= 0.6 is 24.0 Å². The van der Waals surface area contributed by atoms with Crippen LogP contribution in [-0.4, -0.2) is 64.9 Å². The highest BCUT2D eigenvalue weighted by Crippen LogP contribution is 2.26. The van der Waals surface area contributed by atoms with Gasteiger partial charge >= 0.3 is 0 Å². The van der Waals surface area contributed by atoms with Crippen molar-refractivity contribution in [1.82, 2.24) is 15.5 Å². The molecule has 2 N–H and O–H groups in total. The number of nitrogens with one attached hydrogen (secondary N) is 2. The van der Waals surface area contributed by atoms with Crippen LogP contribution in [0.15, 0.2) is 53.5 Å². The largest absolute Gasteiger partial charge is 0.497 e. The van der Waals surface area contributed by atoms with Crippen molar-refractivity contribution < 1.29 is 14.2 Å². The minimum atomic E-state index is 0. The standard InChI is InChI=1S/C25H36N4O3.HI/c1-26-25(27-14-17-32-19-21-8-4-5-9-24(21)31-3)28-18-23(29-15-6-7-16-29)20-10-12-22(30-2)13-11-20;/h4-5,8-13,23H,6-7,14-19H2,1-3H3,(H2,26,27,28);1H. The highest BCUT2D eigenvalue weighted by atomic mass is 127. The van der Waals surface area contributed by atoms with E-state index in [2.05, 4.69) is 32.7 Å². The molecule has 0 spiro atoms. The van der Waals surface area contributed by atoms with Gasteiger partial charge in [0, 0.05) is 25.7 Å². The second-order valence-corrected chi connectivity index (χ2v) is 7.78. The Bertz CT molecular complexity index is 842.